The molecular formula is C29H39N2O2+. The fraction of sp³-hybridized carbons (Fsp3) is 0.517. The Kier molecular flexibility index (Phi) is 6.39. The van der Waals surface area contributed by atoms with Crippen molar-refractivity contribution in [3.05, 3.63) is 62.7 Å². The van der Waals surface area contributed by atoms with Crippen molar-refractivity contribution in [2.45, 2.75) is 66.2 Å². The first-order valence-electron chi connectivity index (χ1n) is 12.3. The van der Waals surface area contributed by atoms with Crippen molar-refractivity contribution in [2.75, 3.05) is 37.7 Å². The van der Waals surface area contributed by atoms with E-state index in [4.69, 9.17) is 4.74 Å². The molecule has 3 aliphatic rings. The largest absolute Gasteiger partial charge is 0.466 e. The van der Waals surface area contributed by atoms with Crippen molar-refractivity contribution in [1.82, 2.24) is 4.58 Å². The van der Waals surface area contributed by atoms with E-state index >= 15 is 0 Å². The van der Waals surface area contributed by atoms with Gasteiger partial charge in [0.15, 0.2) is 0 Å². The molecule has 5 rings (SSSR count). The zero-order valence-electron chi connectivity index (χ0n) is 20.0. The lowest BCUT2D eigenvalue weighted by molar-refractivity contribution is -0.143. The second kappa shape index (κ2) is 8.96. The Balaban J connectivity index is 0.00000259. The molecule has 0 atom stereocenters. The van der Waals surface area contributed by atoms with Gasteiger partial charge in [0.25, 0.3) is 0 Å². The lowest BCUT2D eigenvalue weighted by Gasteiger charge is -2.33. The molecule has 0 saturated carbocycles. The van der Waals surface area contributed by atoms with Crippen LogP contribution in [-0.4, -0.2) is 38.8 Å². The number of nitrogens with zero attached hydrogens (tertiary/aromatic N) is 2. The maximum absolute atomic E-state index is 11.7. The molecule has 0 N–H and O–H groups in total. The molecule has 0 aromatic heterocycles. The molecule has 0 unspecified atom stereocenters. The van der Waals surface area contributed by atoms with Crippen LogP contribution in [0.3, 0.4) is 0 Å². The zero-order chi connectivity index (χ0) is 22.5. The highest BCUT2D eigenvalue weighted by molar-refractivity contribution is 5.72. The fourth-order valence-corrected chi connectivity index (χ4v) is 5.89. The van der Waals surface area contributed by atoms with E-state index in [1.165, 1.54) is 44.1 Å². The Hall–Kier alpha value is -2.62. The van der Waals surface area contributed by atoms with E-state index in [-0.39, 0.29) is 18.8 Å². The number of esters is 1. The fourth-order valence-electron chi connectivity index (χ4n) is 5.89. The van der Waals surface area contributed by atoms with Crippen molar-refractivity contribution in [1.29, 1.82) is 0 Å². The first-order valence-corrected chi connectivity index (χ1v) is 12.3. The lowest BCUT2D eigenvalue weighted by atomic mass is 9.71. The quantitative estimate of drug-likeness (QED) is 0.501. The summed E-state index contributed by atoms with van der Waals surface area (Å²) in [7, 11) is 0. The normalized spacial score (nSPS) is 16.8. The summed E-state index contributed by atoms with van der Waals surface area (Å²) in [4.78, 5) is 14.2. The number of hydrogen-bond donors (Lipinski definition) is 0. The highest BCUT2D eigenvalue weighted by Gasteiger charge is 2.34. The van der Waals surface area contributed by atoms with E-state index in [9.17, 15) is 4.79 Å². The Morgan fingerprint density at radius 2 is 1.91 bits per heavy atom. The first-order chi connectivity index (χ1) is 15.4. The number of benzene rings is 2. The van der Waals surface area contributed by atoms with Crippen LogP contribution >= 0.6 is 0 Å². The Morgan fingerprint density at radius 3 is 2.67 bits per heavy atom. The third kappa shape index (κ3) is 3.98. The van der Waals surface area contributed by atoms with Crippen molar-refractivity contribution in [3.8, 4) is 0 Å². The number of likely N-dealkylation sites (N-methyl/N-ethyl adjacent to an activating group) is 1. The van der Waals surface area contributed by atoms with Crippen LogP contribution < -0.4 is 20.1 Å². The Morgan fingerprint density at radius 1 is 1.09 bits per heavy atom. The van der Waals surface area contributed by atoms with Gasteiger partial charge in [-0.2, -0.15) is 0 Å². The van der Waals surface area contributed by atoms with Gasteiger partial charge < -0.3 is 9.64 Å². The minimum atomic E-state index is -0.0849. The number of carbonyl (C=O) groups excluding carboxylic acids is 1. The topological polar surface area (TPSA) is 32.6 Å². The molecule has 33 heavy (non-hydrogen) atoms. The molecule has 0 amide bonds. The molecule has 0 spiro atoms. The minimum absolute atomic E-state index is 0. The van der Waals surface area contributed by atoms with Crippen LogP contribution in [0.4, 0.5) is 5.69 Å². The SMILES string of the molecule is C.CCOC(=O)CCC[N+]1=c2cc3c(cc2CC1)=Cc1cc2c(cc1C3(C)C)N(CC)CC2. The van der Waals surface area contributed by atoms with Crippen molar-refractivity contribution in [2.24, 2.45) is 0 Å². The molecule has 2 heterocycles. The molecule has 2 aromatic carbocycles. The molecule has 1 aliphatic carbocycles. The third-order valence-electron chi connectivity index (χ3n) is 7.64. The highest BCUT2D eigenvalue weighted by Crippen LogP contribution is 2.40. The van der Waals surface area contributed by atoms with Crippen LogP contribution in [0.5, 0.6) is 0 Å². The molecule has 0 fully saturated rings. The lowest BCUT2D eigenvalue weighted by Crippen LogP contribution is -2.36. The highest BCUT2D eigenvalue weighted by atomic mass is 16.5. The summed E-state index contributed by atoms with van der Waals surface area (Å²) in [6, 6.07) is 9.77. The second-order valence-corrected chi connectivity index (χ2v) is 9.88. The van der Waals surface area contributed by atoms with Gasteiger partial charge in [-0.05, 0) is 72.0 Å². The van der Waals surface area contributed by atoms with Gasteiger partial charge in [-0.1, -0.05) is 21.3 Å². The second-order valence-electron chi connectivity index (χ2n) is 9.88. The molecule has 0 bridgehead atoms. The van der Waals surface area contributed by atoms with Crippen molar-refractivity contribution < 1.29 is 9.53 Å². The molecular weight excluding hydrogens is 408 g/mol. The first kappa shape index (κ1) is 23.5. The number of hydrogen-bond acceptors (Lipinski definition) is 3. The van der Waals surface area contributed by atoms with Crippen molar-refractivity contribution >= 4 is 17.7 Å². The number of rotatable bonds is 6. The van der Waals surface area contributed by atoms with E-state index in [0.717, 1.165) is 45.4 Å². The maximum Gasteiger partial charge on any atom is 0.306 e. The summed E-state index contributed by atoms with van der Waals surface area (Å²) in [5.74, 6) is -0.0849. The minimum Gasteiger partial charge on any atom is -0.466 e. The molecule has 176 valence electrons. The van der Waals surface area contributed by atoms with Crippen LogP contribution in [0.15, 0.2) is 24.3 Å². The number of fused-ring (bicyclic) bond motifs is 4. The van der Waals surface area contributed by atoms with E-state index in [1.807, 2.05) is 6.92 Å². The van der Waals surface area contributed by atoms with Gasteiger partial charge in [0.05, 0.1) is 13.0 Å². The van der Waals surface area contributed by atoms with Crippen LogP contribution in [0.25, 0.3) is 6.08 Å². The Labute approximate surface area is 198 Å². The van der Waals surface area contributed by atoms with Gasteiger partial charge in [-0.25, -0.2) is 4.58 Å². The summed E-state index contributed by atoms with van der Waals surface area (Å²) in [6.07, 6.45) is 5.98. The van der Waals surface area contributed by atoms with E-state index < -0.39 is 0 Å². The molecule has 0 saturated heterocycles. The number of ether oxygens (including phenoxy) is 1. The Bertz CT molecular complexity index is 1210. The smallest absolute Gasteiger partial charge is 0.306 e. The van der Waals surface area contributed by atoms with Crippen LogP contribution in [0.1, 0.15) is 75.8 Å². The third-order valence-corrected chi connectivity index (χ3v) is 7.64. The van der Waals surface area contributed by atoms with E-state index in [1.54, 1.807) is 0 Å². The number of carbonyl (C=O) groups is 1. The van der Waals surface area contributed by atoms with Crippen LogP contribution in [0, 0.1) is 0 Å². The van der Waals surface area contributed by atoms with Gasteiger partial charge >= 0.3 is 5.97 Å². The molecule has 4 nitrogen and oxygen atoms in total. The van der Waals surface area contributed by atoms with Gasteiger partial charge in [0.2, 0.25) is 5.36 Å². The average Bonchev–Trinajstić information content (AvgIpc) is 3.35. The van der Waals surface area contributed by atoms with E-state index in [0.29, 0.717) is 13.0 Å². The summed E-state index contributed by atoms with van der Waals surface area (Å²) >= 11 is 0. The summed E-state index contributed by atoms with van der Waals surface area (Å²) in [6.45, 7) is 13.5. The number of anilines is 1. The molecule has 0 radical (unpaired) electrons. The van der Waals surface area contributed by atoms with Gasteiger partial charge in [-0.3, -0.25) is 4.79 Å². The molecule has 2 aliphatic heterocycles. The van der Waals surface area contributed by atoms with E-state index in [2.05, 4.69) is 60.6 Å². The molecule has 4 heteroatoms. The predicted molar refractivity (Wildman–Crippen MR) is 137 cm³/mol. The summed E-state index contributed by atoms with van der Waals surface area (Å²) < 4.78 is 7.55. The summed E-state index contributed by atoms with van der Waals surface area (Å²) in [5.41, 5.74) is 8.58. The average molecular weight is 448 g/mol. The molecule has 2 aromatic rings. The predicted octanol–water partition coefficient (Wildman–Crippen LogP) is 3.56. The van der Waals surface area contributed by atoms with Crippen LogP contribution in [0.2, 0.25) is 0 Å². The summed E-state index contributed by atoms with van der Waals surface area (Å²) in [5, 5.41) is 2.73. The van der Waals surface area contributed by atoms with Crippen LogP contribution in [-0.2, 0) is 27.8 Å². The van der Waals surface area contributed by atoms with Gasteiger partial charge in [-0.15, -0.1) is 0 Å². The standard InChI is InChI=1S/C28H35N2O2.CH4/c1-5-29-12-9-19-14-21-16-22-15-20-10-13-30(11-7-8-27(31)32-6-2)26(20)18-24(22)28(3,4)23(21)17-25(19)29;/h14-18H,5-13H2,1-4H3;1H4/q+1;. The maximum atomic E-state index is 11.7. The zero-order valence-corrected chi connectivity index (χ0v) is 20.0. The van der Waals surface area contributed by atoms with Gasteiger partial charge in [0, 0.05) is 48.7 Å². The monoisotopic (exact) mass is 447 g/mol. The van der Waals surface area contributed by atoms with Gasteiger partial charge in [0.1, 0.15) is 13.1 Å². The van der Waals surface area contributed by atoms with Crippen molar-refractivity contribution in [3.63, 3.8) is 0 Å².